The Kier molecular flexibility index (Phi) is 27.9. The molecule has 0 bridgehead atoms. The van der Waals surface area contributed by atoms with Crippen LogP contribution in [0.2, 0.25) is 39.3 Å². The summed E-state index contributed by atoms with van der Waals surface area (Å²) in [6.45, 7) is 31.5. The van der Waals surface area contributed by atoms with Gasteiger partial charge in [-0.1, -0.05) is 0 Å². The number of hydrogen-bond acceptors (Lipinski definition) is 6. The third-order valence-electron chi connectivity index (χ3n) is 18.1. The summed E-state index contributed by atoms with van der Waals surface area (Å²) in [5, 5.41) is 0. The predicted octanol–water partition coefficient (Wildman–Crippen LogP) is 23.1. The van der Waals surface area contributed by atoms with Gasteiger partial charge in [0.2, 0.25) is 0 Å². The SMILES string of the molecule is CCOCC.CCOCC.Cc1cc(C(c2ccccc2)c2ccccc2)c([N]([Ge][N](c2ccccc2)[N]([Ge][N](c2c(C(c3ccccc3)c3ccccc3)cc(C)cc2C(c2ccccc2)c2ccccc2)[Si](C)(C)C)c2ccccc2)[Si](C)(C)C)c(C(c2ccccc2)c2ccccc2)c1. The van der Waals surface area contributed by atoms with Crippen molar-refractivity contribution in [3.63, 3.8) is 0 Å². The molecule has 0 aliphatic heterocycles. The van der Waals surface area contributed by atoms with E-state index in [1.54, 1.807) is 0 Å². The quantitative estimate of drug-likeness (QED) is 0.0290. The number of anilines is 4. The Hall–Kier alpha value is -8.72. The molecular formula is C92H102Ge2N4O2Si2. The van der Waals surface area contributed by atoms with Crippen LogP contribution in [-0.4, -0.2) is 74.7 Å². The van der Waals surface area contributed by atoms with Gasteiger partial charge in [0, 0.05) is 26.4 Å². The number of ether oxygens (including phenoxy) is 2. The van der Waals surface area contributed by atoms with Crippen LogP contribution >= 0.6 is 0 Å². The van der Waals surface area contributed by atoms with E-state index < -0.39 is 48.2 Å². The second kappa shape index (κ2) is 37.5. The molecule has 518 valence electrons. The first-order chi connectivity index (χ1) is 49.6. The van der Waals surface area contributed by atoms with E-state index >= 15 is 0 Å². The van der Waals surface area contributed by atoms with Crippen molar-refractivity contribution in [2.45, 2.75) is 104 Å². The van der Waals surface area contributed by atoms with E-state index in [1.165, 1.54) is 101 Å². The topological polar surface area (TPSA) is 31.4 Å². The number of nitrogens with zero attached hydrogens (tertiary/aromatic N) is 4. The molecule has 4 radical (unpaired) electrons. The monoisotopic (exact) mass is 1500 g/mol. The average molecular weight is 1500 g/mol. The summed E-state index contributed by atoms with van der Waals surface area (Å²) in [5.74, 6) is -0.231. The fourth-order valence-corrected chi connectivity index (χ4v) is 26.1. The summed E-state index contributed by atoms with van der Waals surface area (Å²) < 4.78 is 21.4. The first-order valence-corrected chi connectivity index (χ1v) is 46.9. The Labute approximate surface area is 627 Å². The van der Waals surface area contributed by atoms with Gasteiger partial charge in [0.15, 0.2) is 0 Å². The molecular weight excluding hydrogens is 1390 g/mol. The van der Waals surface area contributed by atoms with Gasteiger partial charge in [0.1, 0.15) is 0 Å². The third-order valence-corrected chi connectivity index (χ3v) is 36.1. The molecule has 102 heavy (non-hydrogen) atoms. The Morgan fingerprint density at radius 2 is 0.431 bits per heavy atom. The van der Waals surface area contributed by atoms with Gasteiger partial charge >= 0.3 is 568 Å². The molecule has 0 unspecified atom stereocenters. The number of para-hydroxylation sites is 2. The van der Waals surface area contributed by atoms with Gasteiger partial charge in [-0.05, 0) is 27.7 Å². The average Bonchev–Trinajstić information content (AvgIpc) is 0.746. The van der Waals surface area contributed by atoms with Crippen LogP contribution in [0.15, 0.2) is 328 Å². The van der Waals surface area contributed by atoms with Gasteiger partial charge in [-0.15, -0.1) is 0 Å². The van der Waals surface area contributed by atoms with Crippen LogP contribution in [0.25, 0.3) is 0 Å². The van der Waals surface area contributed by atoms with Crippen molar-refractivity contribution >= 4 is 71.0 Å². The number of hydrazine groups is 1. The molecule has 0 aliphatic rings. The molecule has 12 aromatic rings. The molecule has 12 rings (SSSR count). The molecule has 6 nitrogen and oxygen atoms in total. The first kappa shape index (κ1) is 75.9. The zero-order valence-electron chi connectivity index (χ0n) is 61.9. The van der Waals surface area contributed by atoms with E-state index in [1.807, 2.05) is 27.7 Å². The fraction of sp³-hybridized carbons (Fsp3) is 0.217. The minimum absolute atomic E-state index is 0.0577. The maximum atomic E-state index is 4.83. The zero-order chi connectivity index (χ0) is 71.9. The standard InChI is InChI=1S/C84H82Ge2N4Si2.2C4H10O/c1-63-59-75(79(65-39-19-9-20-40-65)66-41-21-10-22-42-66)83(76(60-63)80(67-43-23-11-24-44-67)68-45-25-12-26-46-68)89(91(3,4)5)85-87(73-55-35-17-36-56-73)88(74-57-37-18-38-58-74)86-90(92(6,7)8)84-77(81(69-47-27-13-28-48-69)70-49-29-14-30-50-70)61-64(2)62-78(84)82(71-51-31-15-32-52-71)72-53-33-16-34-54-72;2*1-3-5-4-2/h9-62,79-82H,1-8H3;2*3-4H2,1-2H3. The normalized spacial score (nSPS) is 11.4. The van der Waals surface area contributed by atoms with Gasteiger partial charge in [0.25, 0.3) is 0 Å². The van der Waals surface area contributed by atoms with Gasteiger partial charge in [0.05, 0.1) is 0 Å². The molecule has 0 heterocycles. The summed E-state index contributed by atoms with van der Waals surface area (Å²) in [6, 6.07) is 124. The van der Waals surface area contributed by atoms with E-state index in [4.69, 9.17) is 9.47 Å². The predicted molar refractivity (Wildman–Crippen MR) is 443 cm³/mol. The minimum atomic E-state index is -2.46. The Balaban J connectivity index is 0.00000105. The molecule has 0 saturated heterocycles. The molecule has 0 aromatic heterocycles. The summed E-state index contributed by atoms with van der Waals surface area (Å²) in [6.07, 6.45) is 0. The second-order valence-electron chi connectivity index (χ2n) is 27.7. The van der Waals surface area contributed by atoms with Gasteiger partial charge in [-0.2, -0.15) is 0 Å². The van der Waals surface area contributed by atoms with Gasteiger partial charge in [-0.3, -0.25) is 0 Å². The Morgan fingerprint density at radius 1 is 0.265 bits per heavy atom. The van der Waals surface area contributed by atoms with Gasteiger partial charge < -0.3 is 9.47 Å². The van der Waals surface area contributed by atoms with Crippen LogP contribution in [0.4, 0.5) is 22.7 Å². The van der Waals surface area contributed by atoms with Crippen LogP contribution in [0.3, 0.4) is 0 Å². The van der Waals surface area contributed by atoms with E-state index in [0.717, 1.165) is 26.4 Å². The maximum absolute atomic E-state index is 4.83. The van der Waals surface area contributed by atoms with Crippen molar-refractivity contribution in [2.24, 2.45) is 0 Å². The van der Waals surface area contributed by atoms with Crippen molar-refractivity contribution in [3.05, 3.63) is 405 Å². The Bertz CT molecular complexity index is 3750. The molecule has 0 spiro atoms. The van der Waals surface area contributed by atoms with Crippen LogP contribution in [0.1, 0.15) is 129 Å². The number of rotatable bonds is 27. The van der Waals surface area contributed by atoms with Crippen LogP contribution < -0.4 is 15.0 Å². The number of hydrogen-bond donors (Lipinski definition) is 0. The molecule has 0 N–H and O–H groups in total. The van der Waals surface area contributed by atoms with Crippen molar-refractivity contribution in [3.8, 4) is 0 Å². The van der Waals surface area contributed by atoms with Gasteiger partial charge in [-0.25, -0.2) is 0 Å². The summed E-state index contributed by atoms with van der Waals surface area (Å²) >= 11 is -2.78. The van der Waals surface area contributed by atoms with Crippen molar-refractivity contribution in [2.75, 3.05) is 41.4 Å². The van der Waals surface area contributed by atoms with Crippen molar-refractivity contribution < 1.29 is 9.47 Å². The summed E-state index contributed by atoms with van der Waals surface area (Å²) in [5.41, 5.74) is 23.2. The molecule has 0 saturated carbocycles. The molecule has 0 fully saturated rings. The molecule has 12 aromatic carbocycles. The van der Waals surface area contributed by atoms with E-state index in [9.17, 15) is 0 Å². The molecule has 10 heteroatoms. The first-order valence-electron chi connectivity index (χ1n) is 36.3. The van der Waals surface area contributed by atoms with E-state index in [2.05, 4.69) is 396 Å². The van der Waals surface area contributed by atoms with Crippen molar-refractivity contribution in [1.29, 1.82) is 0 Å². The van der Waals surface area contributed by atoms with Crippen LogP contribution in [-0.2, 0) is 9.47 Å². The third kappa shape index (κ3) is 19.5. The molecule has 0 aliphatic carbocycles. The number of aryl methyl sites for hydroxylation is 2. The number of benzene rings is 12. The Morgan fingerprint density at radius 3 is 0.578 bits per heavy atom. The van der Waals surface area contributed by atoms with Crippen molar-refractivity contribution in [1.82, 2.24) is 0 Å². The molecule has 0 amide bonds. The van der Waals surface area contributed by atoms with E-state index in [-0.39, 0.29) is 23.7 Å². The van der Waals surface area contributed by atoms with Crippen LogP contribution in [0.5, 0.6) is 0 Å². The van der Waals surface area contributed by atoms with Crippen LogP contribution in [0, 0.1) is 13.8 Å². The summed E-state index contributed by atoms with van der Waals surface area (Å²) in [4.78, 5) is 0. The summed E-state index contributed by atoms with van der Waals surface area (Å²) in [7, 11) is -4.92. The van der Waals surface area contributed by atoms with E-state index in [0.29, 0.717) is 0 Å². The second-order valence-corrected chi connectivity index (χ2v) is 43.6. The fourth-order valence-electron chi connectivity index (χ4n) is 13.7. The zero-order valence-corrected chi connectivity index (χ0v) is 68.1. The molecule has 0 atom stereocenters.